The lowest BCUT2D eigenvalue weighted by atomic mass is 9.95. The predicted molar refractivity (Wildman–Crippen MR) is 96.4 cm³/mol. The van der Waals surface area contributed by atoms with Crippen molar-refractivity contribution in [3.8, 4) is 0 Å². The summed E-state index contributed by atoms with van der Waals surface area (Å²) in [5, 5.41) is 3.28. The molecule has 3 rings (SSSR count). The van der Waals surface area contributed by atoms with Crippen molar-refractivity contribution in [3.05, 3.63) is 18.6 Å². The molecule has 0 aliphatic carbocycles. The van der Waals surface area contributed by atoms with E-state index in [4.69, 9.17) is 4.74 Å². The van der Waals surface area contributed by atoms with Gasteiger partial charge in [-0.1, -0.05) is 0 Å². The average molecular weight is 347 g/mol. The Kier molecular flexibility index (Phi) is 6.58. The highest BCUT2D eigenvalue weighted by Crippen LogP contribution is 2.22. The average Bonchev–Trinajstić information content (AvgIpc) is 2.67. The maximum Gasteiger partial charge on any atom is 0.223 e. The molecule has 0 saturated carbocycles. The molecule has 0 spiro atoms. The number of aromatic nitrogens is 2. The Labute approximate surface area is 149 Å². The van der Waals surface area contributed by atoms with Crippen LogP contribution in [0.25, 0.3) is 0 Å². The molecule has 2 aliphatic heterocycles. The van der Waals surface area contributed by atoms with Crippen LogP contribution in [0.4, 0.5) is 5.82 Å². The quantitative estimate of drug-likeness (QED) is 0.825. The number of rotatable bonds is 6. The molecule has 25 heavy (non-hydrogen) atoms. The Morgan fingerprint density at radius 3 is 2.84 bits per heavy atom. The lowest BCUT2D eigenvalue weighted by molar-refractivity contribution is -0.126. The molecule has 0 bridgehead atoms. The molecule has 1 unspecified atom stereocenters. The van der Waals surface area contributed by atoms with Gasteiger partial charge in [0.05, 0.1) is 12.8 Å². The van der Waals surface area contributed by atoms with E-state index >= 15 is 0 Å². The molecule has 2 fully saturated rings. The highest BCUT2D eigenvalue weighted by Gasteiger charge is 2.28. The molecule has 3 heterocycles. The van der Waals surface area contributed by atoms with Crippen LogP contribution in [0.3, 0.4) is 0 Å². The number of likely N-dealkylation sites (tertiary alicyclic amines) is 1. The van der Waals surface area contributed by atoms with E-state index in [1.165, 1.54) is 0 Å². The largest absolute Gasteiger partial charge is 0.383 e. The second-order valence-electron chi connectivity index (χ2n) is 6.97. The number of anilines is 1. The first-order valence-electron chi connectivity index (χ1n) is 9.29. The molecular weight excluding hydrogens is 318 g/mol. The fourth-order valence-corrected chi connectivity index (χ4v) is 3.74. The second-order valence-corrected chi connectivity index (χ2v) is 6.97. The van der Waals surface area contributed by atoms with Crippen LogP contribution < -0.4 is 10.2 Å². The van der Waals surface area contributed by atoms with Gasteiger partial charge in [-0.25, -0.2) is 4.98 Å². The third kappa shape index (κ3) is 5.12. The van der Waals surface area contributed by atoms with Gasteiger partial charge in [0.25, 0.3) is 0 Å². The van der Waals surface area contributed by atoms with Gasteiger partial charge in [-0.05, 0) is 32.2 Å². The molecule has 0 radical (unpaired) electrons. The van der Waals surface area contributed by atoms with Gasteiger partial charge in [-0.3, -0.25) is 14.7 Å². The minimum Gasteiger partial charge on any atom is -0.383 e. The fourth-order valence-electron chi connectivity index (χ4n) is 3.74. The van der Waals surface area contributed by atoms with E-state index in [9.17, 15) is 4.79 Å². The molecular formula is C18H29N5O2. The minimum absolute atomic E-state index is 0.113. The van der Waals surface area contributed by atoms with Crippen molar-refractivity contribution in [3.63, 3.8) is 0 Å². The summed E-state index contributed by atoms with van der Waals surface area (Å²) >= 11 is 0. The van der Waals surface area contributed by atoms with E-state index in [1.807, 2.05) is 0 Å². The van der Waals surface area contributed by atoms with E-state index in [2.05, 4.69) is 25.1 Å². The first kappa shape index (κ1) is 18.1. The molecule has 2 aliphatic rings. The number of hydrogen-bond donors (Lipinski definition) is 1. The minimum atomic E-state index is 0.113. The summed E-state index contributed by atoms with van der Waals surface area (Å²) in [6, 6.07) is 0.274. The van der Waals surface area contributed by atoms with Crippen molar-refractivity contribution in [2.24, 2.45) is 5.92 Å². The van der Waals surface area contributed by atoms with Gasteiger partial charge in [0.1, 0.15) is 5.82 Å². The molecule has 1 N–H and O–H groups in total. The zero-order valence-electron chi connectivity index (χ0n) is 15.1. The maximum absolute atomic E-state index is 12.6. The van der Waals surface area contributed by atoms with Crippen LogP contribution in [0.2, 0.25) is 0 Å². The number of methoxy groups -OCH3 is 1. The molecule has 0 aromatic carbocycles. The molecule has 1 aromatic heterocycles. The first-order chi connectivity index (χ1) is 12.3. The van der Waals surface area contributed by atoms with Gasteiger partial charge in [0, 0.05) is 57.6 Å². The van der Waals surface area contributed by atoms with E-state index < -0.39 is 0 Å². The van der Waals surface area contributed by atoms with E-state index in [1.54, 1.807) is 25.7 Å². The van der Waals surface area contributed by atoms with Crippen LogP contribution in [0.15, 0.2) is 18.6 Å². The van der Waals surface area contributed by atoms with Crippen LogP contribution in [0, 0.1) is 5.92 Å². The van der Waals surface area contributed by atoms with Crippen LogP contribution in [0.5, 0.6) is 0 Å². The number of carbonyl (C=O) groups is 1. The predicted octanol–water partition coefficient (Wildman–Crippen LogP) is 0.920. The standard InChI is InChI=1S/C18H29N5O2/c1-25-12-11-22-8-2-3-16(14-22)21-18(24)15-4-9-23(10-5-15)17-13-19-6-7-20-17/h6-7,13,15-16H,2-5,8-12,14H2,1H3,(H,21,24). The van der Waals surface area contributed by atoms with Crippen molar-refractivity contribution in [2.45, 2.75) is 31.7 Å². The highest BCUT2D eigenvalue weighted by molar-refractivity contribution is 5.79. The van der Waals surface area contributed by atoms with Gasteiger partial charge in [0.2, 0.25) is 5.91 Å². The van der Waals surface area contributed by atoms with Gasteiger partial charge >= 0.3 is 0 Å². The summed E-state index contributed by atoms with van der Waals surface area (Å²) in [6.45, 7) is 5.46. The fraction of sp³-hybridized carbons (Fsp3) is 0.722. The molecule has 1 amide bonds. The molecule has 7 nitrogen and oxygen atoms in total. The summed E-state index contributed by atoms with van der Waals surface area (Å²) < 4.78 is 5.16. The molecule has 1 aromatic rings. The molecule has 138 valence electrons. The van der Waals surface area contributed by atoms with E-state index in [-0.39, 0.29) is 17.9 Å². The SMILES string of the molecule is COCCN1CCCC(NC(=O)C2CCN(c3cnccn3)CC2)C1. The summed E-state index contributed by atoms with van der Waals surface area (Å²) in [7, 11) is 1.73. The van der Waals surface area contributed by atoms with Gasteiger partial charge in [-0.2, -0.15) is 0 Å². The maximum atomic E-state index is 12.6. The molecule has 7 heteroatoms. The van der Waals surface area contributed by atoms with Gasteiger partial charge in [0.15, 0.2) is 0 Å². The van der Waals surface area contributed by atoms with Crippen molar-refractivity contribution >= 4 is 11.7 Å². The summed E-state index contributed by atoms with van der Waals surface area (Å²) in [5.41, 5.74) is 0. The highest BCUT2D eigenvalue weighted by atomic mass is 16.5. The topological polar surface area (TPSA) is 70.6 Å². The Morgan fingerprint density at radius 1 is 1.28 bits per heavy atom. The normalized spacial score (nSPS) is 22.8. The monoisotopic (exact) mass is 347 g/mol. The number of nitrogens with one attached hydrogen (secondary N) is 1. The Bertz CT molecular complexity index is 534. The van der Waals surface area contributed by atoms with Gasteiger partial charge < -0.3 is 15.0 Å². The third-order valence-electron chi connectivity index (χ3n) is 5.20. The molecule has 2 saturated heterocycles. The number of nitrogens with zero attached hydrogens (tertiary/aromatic N) is 4. The van der Waals surface area contributed by atoms with Crippen molar-refractivity contribution in [1.29, 1.82) is 0 Å². The zero-order valence-corrected chi connectivity index (χ0v) is 15.1. The zero-order chi connectivity index (χ0) is 17.5. The summed E-state index contributed by atoms with van der Waals surface area (Å²) in [6.07, 6.45) is 9.16. The summed E-state index contributed by atoms with van der Waals surface area (Å²) in [5.74, 6) is 1.24. The number of piperidine rings is 2. The number of hydrogen-bond acceptors (Lipinski definition) is 6. The Balaban J connectivity index is 1.43. The lowest BCUT2D eigenvalue weighted by Gasteiger charge is -2.35. The number of ether oxygens (including phenoxy) is 1. The van der Waals surface area contributed by atoms with Crippen molar-refractivity contribution in [1.82, 2.24) is 20.2 Å². The summed E-state index contributed by atoms with van der Waals surface area (Å²) in [4.78, 5) is 25.7. The van der Waals surface area contributed by atoms with E-state index in [0.29, 0.717) is 0 Å². The number of amides is 1. The molecule has 1 atom stereocenters. The van der Waals surface area contributed by atoms with Crippen LogP contribution in [-0.2, 0) is 9.53 Å². The second kappa shape index (κ2) is 9.10. The Morgan fingerprint density at radius 2 is 2.12 bits per heavy atom. The van der Waals surface area contributed by atoms with Crippen LogP contribution in [0.1, 0.15) is 25.7 Å². The van der Waals surface area contributed by atoms with Gasteiger partial charge in [-0.15, -0.1) is 0 Å². The van der Waals surface area contributed by atoms with Crippen LogP contribution in [-0.4, -0.2) is 73.3 Å². The van der Waals surface area contributed by atoms with E-state index in [0.717, 1.165) is 70.8 Å². The van der Waals surface area contributed by atoms with Crippen molar-refractivity contribution < 1.29 is 9.53 Å². The lowest BCUT2D eigenvalue weighted by Crippen LogP contribution is -2.51. The smallest absolute Gasteiger partial charge is 0.223 e. The third-order valence-corrected chi connectivity index (χ3v) is 5.20. The van der Waals surface area contributed by atoms with Crippen LogP contribution >= 0.6 is 0 Å². The first-order valence-corrected chi connectivity index (χ1v) is 9.29. The number of carbonyl (C=O) groups excluding carboxylic acids is 1. The van der Waals surface area contributed by atoms with Crippen molar-refractivity contribution in [2.75, 3.05) is 51.3 Å². The Hall–Kier alpha value is -1.73.